The first-order valence-electron chi connectivity index (χ1n) is 12.2. The smallest absolute Gasteiger partial charge is 0.414 e. The molecule has 0 radical (unpaired) electrons. The minimum Gasteiger partial charge on any atom is -0.452 e. The molecule has 0 unspecified atom stereocenters. The van der Waals surface area contributed by atoms with Crippen molar-refractivity contribution in [3.05, 3.63) is 89.2 Å². The van der Waals surface area contributed by atoms with Crippen LogP contribution in [0.2, 0.25) is 0 Å². The number of rotatable bonds is 8. The molecule has 2 aromatic carbocycles. The fourth-order valence-corrected chi connectivity index (χ4v) is 4.34. The summed E-state index contributed by atoms with van der Waals surface area (Å²) < 4.78 is 65.1. The van der Waals surface area contributed by atoms with E-state index in [9.17, 15) is 22.4 Å². The fraction of sp³-hybridized carbons (Fsp3) is 0.148. The zero-order valence-electron chi connectivity index (χ0n) is 21.8. The van der Waals surface area contributed by atoms with Crippen LogP contribution in [-0.2, 0) is 17.7 Å². The monoisotopic (exact) mass is 582 g/mol. The summed E-state index contributed by atoms with van der Waals surface area (Å²) in [7, 11) is 1.10. The maximum absolute atomic E-state index is 14.4. The molecule has 3 heterocycles. The Morgan fingerprint density at radius 3 is 2.36 bits per heavy atom. The van der Waals surface area contributed by atoms with Crippen LogP contribution in [0.4, 0.5) is 39.7 Å². The number of hydrogen-bond donors (Lipinski definition) is 2. The molecule has 15 heteroatoms. The van der Waals surface area contributed by atoms with Gasteiger partial charge in [0, 0.05) is 18.1 Å². The third-order valence-corrected chi connectivity index (χ3v) is 6.17. The van der Waals surface area contributed by atoms with Crippen molar-refractivity contribution in [2.45, 2.75) is 19.6 Å². The molecule has 0 aliphatic heterocycles. The molecule has 216 valence electrons. The average molecular weight is 583 g/mol. The van der Waals surface area contributed by atoms with Gasteiger partial charge >= 0.3 is 12.7 Å². The maximum Gasteiger partial charge on any atom is 0.414 e. The highest BCUT2D eigenvalue weighted by Gasteiger charge is 2.27. The highest BCUT2D eigenvalue weighted by molar-refractivity contribution is 5.95. The van der Waals surface area contributed by atoms with E-state index in [4.69, 9.17) is 16.2 Å². The zero-order valence-corrected chi connectivity index (χ0v) is 21.8. The van der Waals surface area contributed by atoms with Crippen LogP contribution in [0, 0.1) is 11.6 Å². The highest BCUT2D eigenvalue weighted by atomic mass is 19.3. The van der Waals surface area contributed by atoms with Gasteiger partial charge in [-0.15, -0.1) is 0 Å². The van der Waals surface area contributed by atoms with Crippen molar-refractivity contribution in [2.24, 2.45) is 0 Å². The lowest BCUT2D eigenvalue weighted by Crippen LogP contribution is -2.32. The van der Waals surface area contributed by atoms with Crippen LogP contribution in [0.15, 0.2) is 60.8 Å². The number of carbonyl (C=O) groups excluding carboxylic acids is 1. The maximum atomic E-state index is 14.4. The number of ether oxygens (including phenoxy) is 2. The molecule has 11 nitrogen and oxygen atoms in total. The van der Waals surface area contributed by atoms with Gasteiger partial charge in [-0.05, 0) is 17.7 Å². The molecule has 0 saturated heterocycles. The second-order valence-corrected chi connectivity index (χ2v) is 8.83. The van der Waals surface area contributed by atoms with Gasteiger partial charge in [-0.1, -0.05) is 36.4 Å². The van der Waals surface area contributed by atoms with E-state index in [0.29, 0.717) is 11.3 Å². The van der Waals surface area contributed by atoms with Crippen LogP contribution in [-0.4, -0.2) is 44.5 Å². The van der Waals surface area contributed by atoms with E-state index in [0.717, 1.165) is 29.0 Å². The second-order valence-electron chi connectivity index (χ2n) is 8.83. The van der Waals surface area contributed by atoms with E-state index in [-0.39, 0.29) is 58.6 Å². The lowest BCUT2D eigenvalue weighted by molar-refractivity contribution is -0.0504. The lowest BCUT2D eigenvalue weighted by atomic mass is 10.1. The number of nitrogens with zero attached hydrogens (tertiary/aromatic N) is 6. The number of alkyl halides is 2. The molecule has 42 heavy (non-hydrogen) atoms. The van der Waals surface area contributed by atoms with E-state index < -0.39 is 24.3 Å². The molecule has 0 spiro atoms. The Kier molecular flexibility index (Phi) is 7.73. The number of carbonyl (C=O) groups is 1. The van der Waals surface area contributed by atoms with E-state index in [2.05, 4.69) is 24.8 Å². The van der Waals surface area contributed by atoms with Crippen LogP contribution in [0.1, 0.15) is 16.8 Å². The summed E-state index contributed by atoms with van der Waals surface area (Å²) in [6.07, 6.45) is 0.0728. The van der Waals surface area contributed by atoms with Gasteiger partial charge in [0.2, 0.25) is 0 Å². The number of amides is 1. The van der Waals surface area contributed by atoms with Gasteiger partial charge in [0.1, 0.15) is 28.6 Å². The third kappa shape index (κ3) is 5.56. The Morgan fingerprint density at radius 2 is 1.69 bits per heavy atom. The van der Waals surface area contributed by atoms with Crippen molar-refractivity contribution in [3.63, 3.8) is 0 Å². The number of aromatic nitrogens is 5. The summed E-state index contributed by atoms with van der Waals surface area (Å²) >= 11 is 0. The number of para-hydroxylation sites is 1. The number of hydrogen-bond acceptors (Lipinski definition) is 9. The van der Waals surface area contributed by atoms with Crippen molar-refractivity contribution in [2.75, 3.05) is 23.5 Å². The van der Waals surface area contributed by atoms with Crippen LogP contribution < -0.4 is 21.1 Å². The van der Waals surface area contributed by atoms with Gasteiger partial charge in [-0.2, -0.15) is 28.5 Å². The SMILES string of the molecule is COC(=O)N(Cc1ccccc1OC(F)F)c1c(N)nc(-n2nc(Cc3ccccc3F)c3ncc(F)cc32)nc1N. The quantitative estimate of drug-likeness (QED) is 0.250. The van der Waals surface area contributed by atoms with Crippen LogP contribution in [0.3, 0.4) is 0 Å². The summed E-state index contributed by atoms with van der Waals surface area (Å²) in [6.45, 7) is -3.46. The molecule has 1 amide bonds. The third-order valence-electron chi connectivity index (χ3n) is 6.17. The summed E-state index contributed by atoms with van der Waals surface area (Å²) in [4.78, 5) is 26.3. The van der Waals surface area contributed by atoms with Gasteiger partial charge in [-0.3, -0.25) is 4.90 Å². The summed E-state index contributed by atoms with van der Waals surface area (Å²) in [5, 5.41) is 4.44. The number of methoxy groups -OCH3 is 1. The summed E-state index contributed by atoms with van der Waals surface area (Å²) in [5.74, 6) is -2.13. The topological polar surface area (TPSA) is 147 Å². The van der Waals surface area contributed by atoms with E-state index in [1.54, 1.807) is 24.3 Å². The largest absolute Gasteiger partial charge is 0.452 e. The molecule has 4 N–H and O–H groups in total. The van der Waals surface area contributed by atoms with E-state index in [1.807, 2.05) is 0 Å². The molecule has 5 aromatic rings. The normalized spacial score (nSPS) is 11.2. The van der Waals surface area contributed by atoms with Crippen molar-refractivity contribution < 1.29 is 31.8 Å². The first-order chi connectivity index (χ1) is 20.2. The molecule has 0 bridgehead atoms. The van der Waals surface area contributed by atoms with Crippen molar-refractivity contribution >= 4 is 34.4 Å². The van der Waals surface area contributed by atoms with Crippen molar-refractivity contribution in [3.8, 4) is 11.7 Å². The Bertz CT molecular complexity index is 1760. The van der Waals surface area contributed by atoms with Gasteiger partial charge in [-0.25, -0.2) is 18.6 Å². The number of benzene rings is 2. The first-order valence-corrected chi connectivity index (χ1v) is 12.2. The second kappa shape index (κ2) is 11.6. The Balaban J connectivity index is 1.58. The Labute approximate surface area is 235 Å². The van der Waals surface area contributed by atoms with Crippen molar-refractivity contribution in [1.29, 1.82) is 0 Å². The minimum absolute atomic E-state index is 0.0219. The van der Waals surface area contributed by atoms with E-state index in [1.165, 1.54) is 24.3 Å². The van der Waals surface area contributed by atoms with Gasteiger partial charge < -0.3 is 20.9 Å². The van der Waals surface area contributed by atoms with Gasteiger partial charge in [0.25, 0.3) is 5.95 Å². The molecular weight excluding hydrogens is 560 g/mol. The minimum atomic E-state index is -3.11. The number of anilines is 3. The molecule has 0 saturated carbocycles. The number of nitrogens with two attached hydrogens (primary N) is 2. The molecular formula is C27H22F4N8O3. The predicted octanol–water partition coefficient (Wildman–Crippen LogP) is 4.62. The summed E-state index contributed by atoms with van der Waals surface area (Å²) in [5.41, 5.74) is 13.5. The number of pyridine rings is 1. The molecule has 0 fully saturated rings. The fourth-order valence-electron chi connectivity index (χ4n) is 4.34. The van der Waals surface area contributed by atoms with Crippen LogP contribution >= 0.6 is 0 Å². The molecule has 5 rings (SSSR count). The Morgan fingerprint density at radius 1 is 1.02 bits per heavy atom. The zero-order chi connectivity index (χ0) is 30.0. The predicted molar refractivity (Wildman–Crippen MR) is 144 cm³/mol. The molecule has 0 aliphatic rings. The van der Waals surface area contributed by atoms with Crippen LogP contribution in [0.25, 0.3) is 17.0 Å². The van der Waals surface area contributed by atoms with Crippen LogP contribution in [0.5, 0.6) is 5.75 Å². The molecule has 3 aromatic heterocycles. The van der Waals surface area contributed by atoms with Crippen molar-refractivity contribution in [1.82, 2.24) is 24.7 Å². The lowest BCUT2D eigenvalue weighted by Gasteiger charge is -2.24. The molecule has 0 atom stereocenters. The number of nitrogen functional groups attached to an aromatic ring is 2. The van der Waals surface area contributed by atoms with E-state index >= 15 is 0 Å². The summed E-state index contributed by atoms with van der Waals surface area (Å²) in [6, 6.07) is 13.0. The number of fused-ring (bicyclic) bond motifs is 1. The average Bonchev–Trinajstić information content (AvgIpc) is 3.30. The van der Waals surface area contributed by atoms with Gasteiger partial charge in [0.15, 0.2) is 11.6 Å². The Hall–Kier alpha value is -5.47. The first kappa shape index (κ1) is 28.1. The standard InChI is InChI=1S/C27H22F4N8O3/c1-41-27(40)38(13-15-7-3-5-9-20(15)42-25(30)31)22-23(32)35-26(36-24(22)33)39-19-11-16(28)12-34-21(19)18(37-39)10-14-6-2-4-8-17(14)29/h2-9,11-12,25H,10,13H2,1H3,(H4,32,33,35,36). The molecule has 0 aliphatic carbocycles. The van der Waals surface area contributed by atoms with Gasteiger partial charge in [0.05, 0.1) is 31.1 Å². The number of halogens is 4. The highest BCUT2D eigenvalue weighted by Crippen LogP contribution is 2.33.